The lowest BCUT2D eigenvalue weighted by molar-refractivity contribution is -0.153. The molecule has 19 heavy (non-hydrogen) atoms. The third kappa shape index (κ3) is 3.98. The molecule has 1 unspecified atom stereocenters. The Labute approximate surface area is 112 Å². The first-order valence-corrected chi connectivity index (χ1v) is 6.23. The van der Waals surface area contributed by atoms with Crippen molar-refractivity contribution in [2.75, 3.05) is 12.3 Å². The quantitative estimate of drug-likeness (QED) is 0.651. The highest BCUT2D eigenvalue weighted by molar-refractivity contribution is 5.96. The summed E-state index contributed by atoms with van der Waals surface area (Å²) in [6.45, 7) is 5.54. The Kier molecular flexibility index (Phi) is 5.36. The zero-order valence-corrected chi connectivity index (χ0v) is 11.4. The number of nitrogen functional groups attached to an aromatic ring is 1. The molecule has 5 nitrogen and oxygen atoms in total. The zero-order chi connectivity index (χ0) is 14.4. The average molecular weight is 265 g/mol. The molecular weight excluding hydrogens is 246 g/mol. The van der Waals surface area contributed by atoms with E-state index >= 15 is 0 Å². The minimum absolute atomic E-state index is 0.249. The van der Waals surface area contributed by atoms with Gasteiger partial charge in [-0.05, 0) is 32.4 Å². The molecule has 0 fully saturated rings. The van der Waals surface area contributed by atoms with Gasteiger partial charge in [0.1, 0.15) is 0 Å². The molecule has 104 valence electrons. The van der Waals surface area contributed by atoms with E-state index < -0.39 is 18.0 Å². The van der Waals surface area contributed by atoms with Crippen molar-refractivity contribution in [2.24, 2.45) is 0 Å². The van der Waals surface area contributed by atoms with Gasteiger partial charge in [0.25, 0.3) is 0 Å². The summed E-state index contributed by atoms with van der Waals surface area (Å²) in [6, 6.07) is 5.07. The van der Waals surface area contributed by atoms with Gasteiger partial charge in [-0.3, -0.25) is 0 Å². The highest BCUT2D eigenvalue weighted by Crippen LogP contribution is 2.16. The number of carbonyl (C=O) groups is 2. The Hall–Kier alpha value is -2.04. The molecule has 5 heteroatoms. The summed E-state index contributed by atoms with van der Waals surface area (Å²) in [5.74, 6) is -1.15. The number of hydrogen-bond donors (Lipinski definition) is 1. The highest BCUT2D eigenvalue weighted by atomic mass is 16.6. The molecule has 1 aromatic rings. The summed E-state index contributed by atoms with van der Waals surface area (Å²) in [5, 5.41) is 0. The van der Waals surface area contributed by atoms with Gasteiger partial charge in [0.2, 0.25) is 0 Å². The van der Waals surface area contributed by atoms with Crippen molar-refractivity contribution in [1.29, 1.82) is 0 Å². The summed E-state index contributed by atoms with van der Waals surface area (Å²) in [5.41, 5.74) is 7.21. The van der Waals surface area contributed by atoms with E-state index in [2.05, 4.69) is 0 Å². The third-order valence-corrected chi connectivity index (χ3v) is 2.60. The van der Waals surface area contributed by atoms with Crippen LogP contribution in [0.2, 0.25) is 0 Å². The molecule has 0 bridgehead atoms. The van der Waals surface area contributed by atoms with Crippen LogP contribution >= 0.6 is 0 Å². The fourth-order valence-corrected chi connectivity index (χ4v) is 1.57. The number of ether oxygens (including phenoxy) is 2. The number of nitrogens with two attached hydrogens (primary N) is 1. The molecule has 0 aromatic heterocycles. The van der Waals surface area contributed by atoms with E-state index in [1.807, 2.05) is 6.92 Å². The van der Waals surface area contributed by atoms with Crippen LogP contribution < -0.4 is 5.73 Å². The van der Waals surface area contributed by atoms with Gasteiger partial charge in [-0.1, -0.05) is 18.6 Å². The number of aryl methyl sites for hydroxylation is 1. The van der Waals surface area contributed by atoms with Crippen LogP contribution in [-0.2, 0) is 14.3 Å². The van der Waals surface area contributed by atoms with Gasteiger partial charge in [0, 0.05) is 5.69 Å². The molecule has 0 heterocycles. The van der Waals surface area contributed by atoms with Gasteiger partial charge in [0.15, 0.2) is 6.10 Å². The molecule has 1 atom stereocenters. The SMILES string of the molecule is CCOC(=O)C(CC)OC(=O)c1cc(C)ccc1N. The maximum Gasteiger partial charge on any atom is 0.347 e. The van der Waals surface area contributed by atoms with Crippen LogP contribution in [0.15, 0.2) is 18.2 Å². The van der Waals surface area contributed by atoms with Gasteiger partial charge in [-0.25, -0.2) is 9.59 Å². The van der Waals surface area contributed by atoms with E-state index in [1.54, 1.807) is 32.0 Å². The molecule has 0 aliphatic rings. The van der Waals surface area contributed by atoms with Crippen LogP contribution in [0.5, 0.6) is 0 Å². The highest BCUT2D eigenvalue weighted by Gasteiger charge is 2.24. The lowest BCUT2D eigenvalue weighted by Gasteiger charge is -2.15. The van der Waals surface area contributed by atoms with Crippen molar-refractivity contribution < 1.29 is 19.1 Å². The molecule has 0 amide bonds. The monoisotopic (exact) mass is 265 g/mol. The van der Waals surface area contributed by atoms with E-state index in [1.165, 1.54) is 0 Å². The predicted octanol–water partition coefficient (Wildman–Crippen LogP) is 2.08. The second kappa shape index (κ2) is 6.78. The Morgan fingerprint density at radius 1 is 1.32 bits per heavy atom. The topological polar surface area (TPSA) is 78.6 Å². The lowest BCUT2D eigenvalue weighted by atomic mass is 10.1. The smallest absolute Gasteiger partial charge is 0.347 e. The molecule has 0 saturated carbocycles. The number of esters is 2. The number of hydrogen-bond acceptors (Lipinski definition) is 5. The number of rotatable bonds is 5. The largest absolute Gasteiger partial charge is 0.463 e. The molecule has 0 spiro atoms. The Bertz CT molecular complexity index is 471. The van der Waals surface area contributed by atoms with Gasteiger partial charge in [-0.2, -0.15) is 0 Å². The van der Waals surface area contributed by atoms with E-state index in [0.717, 1.165) is 5.56 Å². The second-order valence-corrected chi connectivity index (χ2v) is 4.14. The standard InChI is InChI=1S/C14H19NO4/c1-4-12(14(17)18-5-2)19-13(16)10-8-9(3)6-7-11(10)15/h6-8,12H,4-5,15H2,1-3H3. The lowest BCUT2D eigenvalue weighted by Crippen LogP contribution is -2.29. The summed E-state index contributed by atoms with van der Waals surface area (Å²) in [7, 11) is 0. The fraction of sp³-hybridized carbons (Fsp3) is 0.429. The number of carbonyl (C=O) groups excluding carboxylic acids is 2. The molecule has 0 radical (unpaired) electrons. The van der Waals surface area contributed by atoms with E-state index in [-0.39, 0.29) is 12.2 Å². The molecule has 0 aliphatic carbocycles. The number of benzene rings is 1. The first-order valence-electron chi connectivity index (χ1n) is 6.23. The first kappa shape index (κ1) is 15.0. The van der Waals surface area contributed by atoms with Gasteiger partial charge >= 0.3 is 11.9 Å². The van der Waals surface area contributed by atoms with Gasteiger partial charge in [-0.15, -0.1) is 0 Å². The van der Waals surface area contributed by atoms with Crippen LogP contribution in [-0.4, -0.2) is 24.6 Å². The molecule has 2 N–H and O–H groups in total. The van der Waals surface area contributed by atoms with Crippen molar-refractivity contribution >= 4 is 17.6 Å². The van der Waals surface area contributed by atoms with Gasteiger partial charge < -0.3 is 15.2 Å². The predicted molar refractivity (Wildman–Crippen MR) is 71.7 cm³/mol. The fourth-order valence-electron chi connectivity index (χ4n) is 1.57. The maximum absolute atomic E-state index is 12.0. The van der Waals surface area contributed by atoms with E-state index in [0.29, 0.717) is 12.1 Å². The molecular formula is C14H19NO4. The summed E-state index contributed by atoms with van der Waals surface area (Å²) < 4.78 is 9.98. The summed E-state index contributed by atoms with van der Waals surface area (Å²) in [6.07, 6.45) is -0.539. The Morgan fingerprint density at radius 3 is 2.58 bits per heavy atom. The van der Waals surface area contributed by atoms with Crippen LogP contribution in [0.25, 0.3) is 0 Å². The minimum Gasteiger partial charge on any atom is -0.463 e. The number of anilines is 1. The van der Waals surface area contributed by atoms with Crippen molar-refractivity contribution in [3.63, 3.8) is 0 Å². The van der Waals surface area contributed by atoms with Crippen molar-refractivity contribution in [1.82, 2.24) is 0 Å². The Morgan fingerprint density at radius 2 is 2.00 bits per heavy atom. The van der Waals surface area contributed by atoms with Crippen LogP contribution in [0.3, 0.4) is 0 Å². The van der Waals surface area contributed by atoms with Gasteiger partial charge in [0.05, 0.1) is 12.2 Å². The van der Waals surface area contributed by atoms with Crippen LogP contribution in [0.1, 0.15) is 36.2 Å². The van der Waals surface area contributed by atoms with Crippen molar-refractivity contribution in [3.05, 3.63) is 29.3 Å². The minimum atomic E-state index is -0.896. The molecule has 0 saturated heterocycles. The maximum atomic E-state index is 12.0. The van der Waals surface area contributed by atoms with Crippen LogP contribution in [0, 0.1) is 6.92 Å². The zero-order valence-electron chi connectivity index (χ0n) is 11.4. The third-order valence-electron chi connectivity index (χ3n) is 2.60. The first-order chi connectivity index (χ1) is 8.99. The molecule has 1 aromatic carbocycles. The second-order valence-electron chi connectivity index (χ2n) is 4.14. The molecule has 1 rings (SSSR count). The van der Waals surface area contributed by atoms with E-state index in [9.17, 15) is 9.59 Å². The summed E-state index contributed by atoms with van der Waals surface area (Å²) in [4.78, 5) is 23.5. The van der Waals surface area contributed by atoms with Crippen molar-refractivity contribution in [3.8, 4) is 0 Å². The normalized spacial score (nSPS) is 11.7. The Balaban J connectivity index is 2.82. The van der Waals surface area contributed by atoms with Crippen molar-refractivity contribution in [2.45, 2.75) is 33.3 Å². The van der Waals surface area contributed by atoms with Crippen LogP contribution in [0.4, 0.5) is 5.69 Å². The van der Waals surface area contributed by atoms with E-state index in [4.69, 9.17) is 15.2 Å². The average Bonchev–Trinajstić information content (AvgIpc) is 2.38. The summed E-state index contributed by atoms with van der Waals surface area (Å²) >= 11 is 0. The molecule has 0 aliphatic heterocycles.